The molecule has 4 heteroatoms. The van der Waals surface area contributed by atoms with Crippen molar-refractivity contribution in [1.82, 2.24) is 0 Å². The van der Waals surface area contributed by atoms with E-state index in [1.807, 2.05) is 29.2 Å². The van der Waals surface area contributed by atoms with Crippen molar-refractivity contribution in [3.8, 4) is 0 Å². The number of rotatable bonds is 4. The van der Waals surface area contributed by atoms with Gasteiger partial charge in [0.2, 0.25) is 5.91 Å². The summed E-state index contributed by atoms with van der Waals surface area (Å²) in [4.78, 5) is 13.6. The van der Waals surface area contributed by atoms with E-state index in [1.165, 1.54) is 5.56 Å². The Bertz CT molecular complexity index is 391. The van der Waals surface area contributed by atoms with Gasteiger partial charge in [-0.2, -0.15) is 0 Å². The highest BCUT2D eigenvalue weighted by Gasteiger charge is 2.29. The number of carbonyl (C=O) groups is 1. The molecule has 3 nitrogen and oxygen atoms in total. The summed E-state index contributed by atoms with van der Waals surface area (Å²) in [5, 5.41) is 0. The van der Waals surface area contributed by atoms with Crippen molar-refractivity contribution < 1.29 is 4.79 Å². The van der Waals surface area contributed by atoms with Gasteiger partial charge in [0.05, 0.1) is 0 Å². The molecule has 0 radical (unpaired) electrons. The lowest BCUT2D eigenvalue weighted by Gasteiger charge is -2.16. The molecule has 1 fully saturated rings. The van der Waals surface area contributed by atoms with Crippen LogP contribution in [0.15, 0.2) is 24.3 Å². The number of hydrogen-bond donors (Lipinski definition) is 1. The third kappa shape index (κ3) is 2.79. The monoisotopic (exact) mass is 252 g/mol. The molecule has 1 aliphatic rings. The molecule has 1 atom stereocenters. The van der Waals surface area contributed by atoms with Crippen LogP contribution in [0.5, 0.6) is 0 Å². The number of amides is 1. The average Bonchev–Trinajstić information content (AvgIpc) is 2.72. The highest BCUT2D eigenvalue weighted by molar-refractivity contribution is 6.18. The van der Waals surface area contributed by atoms with Gasteiger partial charge in [-0.05, 0) is 36.6 Å². The van der Waals surface area contributed by atoms with E-state index in [9.17, 15) is 4.79 Å². The molecule has 0 saturated carbocycles. The molecular formula is C13H17ClN2O. The first-order valence-corrected chi connectivity index (χ1v) is 6.43. The lowest BCUT2D eigenvalue weighted by molar-refractivity contribution is -0.117. The van der Waals surface area contributed by atoms with Crippen molar-refractivity contribution in [2.24, 2.45) is 11.7 Å². The smallest absolute Gasteiger partial charge is 0.227 e. The van der Waals surface area contributed by atoms with Crippen molar-refractivity contribution in [2.75, 3.05) is 23.9 Å². The van der Waals surface area contributed by atoms with Crippen molar-refractivity contribution in [2.45, 2.75) is 12.8 Å². The predicted octanol–water partition coefficient (Wildman–Crippen LogP) is 1.78. The van der Waals surface area contributed by atoms with Crippen LogP contribution in [0.2, 0.25) is 0 Å². The van der Waals surface area contributed by atoms with Gasteiger partial charge in [-0.1, -0.05) is 12.1 Å². The summed E-state index contributed by atoms with van der Waals surface area (Å²) in [5.41, 5.74) is 7.67. The Labute approximate surface area is 107 Å². The van der Waals surface area contributed by atoms with Crippen LogP contribution >= 0.6 is 11.6 Å². The van der Waals surface area contributed by atoms with Gasteiger partial charge < -0.3 is 10.6 Å². The topological polar surface area (TPSA) is 46.3 Å². The molecule has 1 unspecified atom stereocenters. The van der Waals surface area contributed by atoms with Crippen LogP contribution in [-0.2, 0) is 11.2 Å². The maximum atomic E-state index is 11.8. The van der Waals surface area contributed by atoms with E-state index >= 15 is 0 Å². The van der Waals surface area contributed by atoms with Crippen molar-refractivity contribution in [3.05, 3.63) is 29.8 Å². The first-order valence-electron chi connectivity index (χ1n) is 5.90. The molecular weight excluding hydrogens is 236 g/mol. The third-order valence-corrected chi connectivity index (χ3v) is 3.54. The largest absolute Gasteiger partial charge is 0.330 e. The lowest BCUT2D eigenvalue weighted by Crippen LogP contribution is -2.24. The zero-order valence-electron chi connectivity index (χ0n) is 9.73. The van der Waals surface area contributed by atoms with Crippen molar-refractivity contribution in [3.63, 3.8) is 0 Å². The van der Waals surface area contributed by atoms with E-state index < -0.39 is 0 Å². The summed E-state index contributed by atoms with van der Waals surface area (Å²) in [6.07, 6.45) is 1.44. The number of hydrogen-bond acceptors (Lipinski definition) is 2. The van der Waals surface area contributed by atoms with E-state index in [0.29, 0.717) is 18.8 Å². The molecule has 17 heavy (non-hydrogen) atoms. The van der Waals surface area contributed by atoms with Crippen molar-refractivity contribution in [1.29, 1.82) is 0 Å². The summed E-state index contributed by atoms with van der Waals surface area (Å²) in [6, 6.07) is 8.03. The normalized spacial score (nSPS) is 20.0. The second-order valence-electron chi connectivity index (χ2n) is 4.43. The molecule has 2 rings (SSSR count). The van der Waals surface area contributed by atoms with Gasteiger partial charge in [0.15, 0.2) is 0 Å². The Balaban J connectivity index is 2.09. The molecule has 2 N–H and O–H groups in total. The number of carbonyl (C=O) groups excluding carboxylic acids is 1. The molecule has 0 aromatic heterocycles. The fraction of sp³-hybridized carbons (Fsp3) is 0.462. The van der Waals surface area contributed by atoms with Crippen LogP contribution in [-0.4, -0.2) is 24.9 Å². The highest BCUT2D eigenvalue weighted by atomic mass is 35.5. The highest BCUT2D eigenvalue weighted by Crippen LogP contribution is 2.25. The van der Waals surface area contributed by atoms with Crippen LogP contribution in [0.1, 0.15) is 12.0 Å². The Kier molecular flexibility index (Phi) is 4.02. The Morgan fingerprint density at radius 2 is 2.06 bits per heavy atom. The minimum atomic E-state index is 0.169. The summed E-state index contributed by atoms with van der Waals surface area (Å²) in [5.74, 6) is 1.00. The van der Waals surface area contributed by atoms with E-state index in [0.717, 1.165) is 18.7 Å². The SMILES string of the molecule is NCCc1ccc(N2CC(CCl)CC2=O)cc1. The molecule has 0 bridgehead atoms. The van der Waals surface area contributed by atoms with Crippen LogP contribution in [0, 0.1) is 5.92 Å². The molecule has 92 valence electrons. The molecule has 1 amide bonds. The van der Waals surface area contributed by atoms with Gasteiger partial charge in [0.1, 0.15) is 0 Å². The molecule has 0 spiro atoms. The second kappa shape index (κ2) is 5.52. The van der Waals surface area contributed by atoms with Gasteiger partial charge in [-0.3, -0.25) is 4.79 Å². The molecule has 1 aliphatic heterocycles. The second-order valence-corrected chi connectivity index (χ2v) is 4.74. The van der Waals surface area contributed by atoms with E-state index in [4.69, 9.17) is 17.3 Å². The number of nitrogens with zero attached hydrogens (tertiary/aromatic N) is 1. The van der Waals surface area contributed by atoms with Gasteiger partial charge in [0.25, 0.3) is 0 Å². The van der Waals surface area contributed by atoms with Crippen LogP contribution < -0.4 is 10.6 Å². The number of halogens is 1. The maximum absolute atomic E-state index is 11.8. The maximum Gasteiger partial charge on any atom is 0.227 e. The molecule has 0 aliphatic carbocycles. The first kappa shape index (κ1) is 12.4. The number of nitrogens with two attached hydrogens (primary N) is 1. The van der Waals surface area contributed by atoms with E-state index in [-0.39, 0.29) is 11.8 Å². The third-order valence-electron chi connectivity index (χ3n) is 3.10. The fourth-order valence-corrected chi connectivity index (χ4v) is 2.35. The van der Waals surface area contributed by atoms with Crippen LogP contribution in [0.4, 0.5) is 5.69 Å². The number of anilines is 1. The summed E-state index contributed by atoms with van der Waals surface area (Å²) < 4.78 is 0. The number of benzene rings is 1. The predicted molar refractivity (Wildman–Crippen MR) is 70.4 cm³/mol. The van der Waals surface area contributed by atoms with Gasteiger partial charge in [-0.15, -0.1) is 11.6 Å². The minimum absolute atomic E-state index is 0.169. The first-order chi connectivity index (χ1) is 8.24. The van der Waals surface area contributed by atoms with Gasteiger partial charge in [0, 0.05) is 24.5 Å². The zero-order chi connectivity index (χ0) is 12.3. The summed E-state index contributed by atoms with van der Waals surface area (Å²) >= 11 is 5.80. The fourth-order valence-electron chi connectivity index (χ4n) is 2.14. The van der Waals surface area contributed by atoms with Gasteiger partial charge in [-0.25, -0.2) is 0 Å². The molecule has 1 aromatic rings. The summed E-state index contributed by atoms with van der Waals surface area (Å²) in [6.45, 7) is 1.38. The van der Waals surface area contributed by atoms with E-state index in [1.54, 1.807) is 0 Å². The standard InChI is InChI=1S/C13H17ClN2O/c14-8-11-7-13(17)16(9-11)12-3-1-10(2-4-12)5-6-15/h1-4,11H,5-9,15H2. The molecule has 1 saturated heterocycles. The Hall–Kier alpha value is -1.06. The number of alkyl halides is 1. The van der Waals surface area contributed by atoms with Crippen molar-refractivity contribution >= 4 is 23.2 Å². The minimum Gasteiger partial charge on any atom is -0.330 e. The molecule has 1 heterocycles. The Morgan fingerprint density at radius 3 is 2.59 bits per heavy atom. The van der Waals surface area contributed by atoms with Crippen LogP contribution in [0.25, 0.3) is 0 Å². The van der Waals surface area contributed by atoms with Crippen LogP contribution in [0.3, 0.4) is 0 Å². The van der Waals surface area contributed by atoms with Gasteiger partial charge >= 0.3 is 0 Å². The molecule has 1 aromatic carbocycles. The quantitative estimate of drug-likeness (QED) is 0.831. The summed E-state index contributed by atoms with van der Waals surface area (Å²) in [7, 11) is 0. The lowest BCUT2D eigenvalue weighted by atomic mass is 10.1. The zero-order valence-corrected chi connectivity index (χ0v) is 10.5. The van der Waals surface area contributed by atoms with E-state index in [2.05, 4.69) is 0 Å². The Morgan fingerprint density at radius 1 is 1.35 bits per heavy atom. The average molecular weight is 253 g/mol.